The molecule has 4 nitrogen and oxygen atoms in total. The van der Waals surface area contributed by atoms with E-state index < -0.39 is 9.84 Å². The third-order valence-electron chi connectivity index (χ3n) is 2.07. The molecule has 0 bridgehead atoms. The van der Waals surface area contributed by atoms with Crippen LogP contribution in [0.3, 0.4) is 0 Å². The molecule has 6 heteroatoms. The Labute approximate surface area is 110 Å². The molecule has 2 rings (SSSR count). The van der Waals surface area contributed by atoms with Gasteiger partial charge in [-0.3, -0.25) is 0 Å². The number of hydrogen-bond acceptors (Lipinski definition) is 5. The first kappa shape index (κ1) is 12.9. The summed E-state index contributed by atoms with van der Waals surface area (Å²) in [4.78, 5) is 4.32. The molecular weight excluding hydrogens is 270 g/mol. The molecule has 0 amide bonds. The summed E-state index contributed by atoms with van der Waals surface area (Å²) >= 11 is 1.13. The van der Waals surface area contributed by atoms with Crippen LogP contribution in [0, 0.1) is 6.92 Å². The maximum Gasteiger partial charge on any atom is 0.260 e. The molecule has 2 aromatic rings. The second kappa shape index (κ2) is 5.41. The molecule has 0 N–H and O–H groups in total. The molecule has 0 radical (unpaired) electrons. The zero-order valence-corrected chi connectivity index (χ0v) is 11.2. The van der Waals surface area contributed by atoms with Crippen molar-refractivity contribution in [3.05, 3.63) is 53.1 Å². The lowest BCUT2D eigenvalue weighted by atomic mass is 10.4. The van der Waals surface area contributed by atoms with Gasteiger partial charge < -0.3 is 4.42 Å². The van der Waals surface area contributed by atoms with Crippen LogP contribution in [-0.2, 0) is 9.84 Å². The molecule has 94 valence electrons. The third kappa shape index (κ3) is 3.24. The van der Waals surface area contributed by atoms with Gasteiger partial charge in [0, 0.05) is 5.41 Å². The van der Waals surface area contributed by atoms with E-state index in [4.69, 9.17) is 4.42 Å². The molecule has 0 saturated heterocycles. The topological polar surface area (TPSA) is 60.2 Å². The summed E-state index contributed by atoms with van der Waals surface area (Å²) in [5.41, 5.74) is 0.761. The first-order valence-corrected chi connectivity index (χ1v) is 7.56. The summed E-state index contributed by atoms with van der Waals surface area (Å²) in [6.45, 7) is 1.80. The molecule has 1 aromatic carbocycles. The number of oxazole rings is 1. The van der Waals surface area contributed by atoms with Crippen LogP contribution < -0.4 is 0 Å². The van der Waals surface area contributed by atoms with Gasteiger partial charge in [-0.2, -0.15) is 0 Å². The molecule has 0 fully saturated rings. The number of aryl methyl sites for hydroxylation is 1. The van der Waals surface area contributed by atoms with E-state index in [0.29, 0.717) is 5.22 Å². The molecular formula is C12H11NO3S2. The fourth-order valence-corrected chi connectivity index (χ4v) is 3.15. The van der Waals surface area contributed by atoms with Crippen LogP contribution in [0.4, 0.5) is 0 Å². The van der Waals surface area contributed by atoms with E-state index in [0.717, 1.165) is 22.9 Å². The number of hydrogen-bond donors (Lipinski definition) is 0. The zero-order chi connectivity index (χ0) is 13.0. The summed E-state index contributed by atoms with van der Waals surface area (Å²) < 4.78 is 28.8. The third-order valence-corrected chi connectivity index (χ3v) is 4.33. The van der Waals surface area contributed by atoms with E-state index in [1.165, 1.54) is 11.7 Å². The smallest absolute Gasteiger partial charge is 0.260 e. The van der Waals surface area contributed by atoms with Gasteiger partial charge in [0.05, 0.1) is 10.6 Å². The van der Waals surface area contributed by atoms with Crippen molar-refractivity contribution in [2.45, 2.75) is 17.0 Å². The van der Waals surface area contributed by atoms with Gasteiger partial charge >= 0.3 is 0 Å². The van der Waals surface area contributed by atoms with Gasteiger partial charge in [-0.25, -0.2) is 13.4 Å². The highest BCUT2D eigenvalue weighted by molar-refractivity contribution is 8.03. The quantitative estimate of drug-likeness (QED) is 0.806. The lowest BCUT2D eigenvalue weighted by Crippen LogP contribution is -1.94. The Morgan fingerprint density at radius 1 is 1.28 bits per heavy atom. The van der Waals surface area contributed by atoms with E-state index in [1.807, 2.05) is 0 Å². The second-order valence-electron chi connectivity index (χ2n) is 3.50. The first-order valence-electron chi connectivity index (χ1n) is 5.13. The van der Waals surface area contributed by atoms with E-state index in [9.17, 15) is 8.42 Å². The monoisotopic (exact) mass is 281 g/mol. The summed E-state index contributed by atoms with van der Waals surface area (Å²) in [5.74, 6) is 0. The molecule has 0 aliphatic heterocycles. The lowest BCUT2D eigenvalue weighted by molar-refractivity contribution is 0.455. The largest absolute Gasteiger partial charge is 0.439 e. The van der Waals surface area contributed by atoms with Crippen LogP contribution in [0.25, 0.3) is 0 Å². The van der Waals surface area contributed by atoms with E-state index in [-0.39, 0.29) is 4.90 Å². The average Bonchev–Trinajstić information content (AvgIpc) is 2.76. The number of thioether (sulfide) groups is 1. The summed E-state index contributed by atoms with van der Waals surface area (Å²) in [7, 11) is -3.39. The molecule has 1 aromatic heterocycles. The van der Waals surface area contributed by atoms with Crippen LogP contribution in [0.5, 0.6) is 0 Å². The van der Waals surface area contributed by atoms with Crippen molar-refractivity contribution in [3.63, 3.8) is 0 Å². The van der Waals surface area contributed by atoms with Crippen LogP contribution in [0.15, 0.2) is 61.9 Å². The van der Waals surface area contributed by atoms with E-state index >= 15 is 0 Å². The number of benzene rings is 1. The van der Waals surface area contributed by atoms with Crippen molar-refractivity contribution in [2.24, 2.45) is 0 Å². The van der Waals surface area contributed by atoms with Gasteiger partial charge in [0.25, 0.3) is 5.22 Å². The van der Waals surface area contributed by atoms with E-state index in [2.05, 4.69) is 4.98 Å². The SMILES string of the molecule is Cc1coc(S/C=C/S(=O)(=O)c2ccccc2)n1. The van der Waals surface area contributed by atoms with Crippen LogP contribution in [-0.4, -0.2) is 13.4 Å². The van der Waals surface area contributed by atoms with Crippen LogP contribution >= 0.6 is 11.8 Å². The predicted octanol–water partition coefficient (Wildman–Crippen LogP) is 3.02. The summed E-state index contributed by atoms with van der Waals surface area (Å²) in [5, 5.41) is 3.02. The predicted molar refractivity (Wildman–Crippen MR) is 69.9 cm³/mol. The van der Waals surface area contributed by atoms with Gasteiger partial charge in [0.2, 0.25) is 0 Å². The highest BCUT2D eigenvalue weighted by atomic mass is 32.2. The van der Waals surface area contributed by atoms with Crippen molar-refractivity contribution in [1.82, 2.24) is 4.98 Å². The second-order valence-corrected chi connectivity index (χ2v) is 6.19. The minimum atomic E-state index is -3.39. The molecule has 0 saturated carbocycles. The van der Waals surface area contributed by atoms with Gasteiger partial charge in [-0.15, -0.1) is 0 Å². The Morgan fingerprint density at radius 3 is 2.61 bits per heavy atom. The van der Waals surface area contributed by atoms with Gasteiger partial charge in [-0.1, -0.05) is 18.2 Å². The highest BCUT2D eigenvalue weighted by Crippen LogP contribution is 2.20. The fourth-order valence-electron chi connectivity index (χ4n) is 1.23. The standard InChI is InChI=1S/C12H11NO3S2/c1-10-9-16-12(13-10)17-7-8-18(14,15)11-5-3-2-4-6-11/h2-9H,1H3/b8-7+. The van der Waals surface area contributed by atoms with Gasteiger partial charge in [0.15, 0.2) is 9.84 Å². The van der Waals surface area contributed by atoms with Crippen molar-refractivity contribution in [3.8, 4) is 0 Å². The Kier molecular flexibility index (Phi) is 3.88. The van der Waals surface area contributed by atoms with Crippen molar-refractivity contribution in [2.75, 3.05) is 0 Å². The zero-order valence-electron chi connectivity index (χ0n) is 9.61. The van der Waals surface area contributed by atoms with Crippen molar-refractivity contribution >= 4 is 21.6 Å². The van der Waals surface area contributed by atoms with Gasteiger partial charge in [0.1, 0.15) is 6.26 Å². The Bertz CT molecular complexity index is 645. The Hall–Kier alpha value is -1.53. The minimum absolute atomic E-state index is 0.269. The fraction of sp³-hybridized carbons (Fsp3) is 0.0833. The first-order chi connectivity index (χ1) is 8.58. The van der Waals surface area contributed by atoms with Crippen molar-refractivity contribution in [1.29, 1.82) is 0 Å². The molecule has 1 heterocycles. The number of nitrogens with zero attached hydrogens (tertiary/aromatic N) is 1. The maximum atomic E-state index is 11.9. The molecule has 0 aliphatic carbocycles. The Morgan fingerprint density at radius 2 is 2.00 bits per heavy atom. The normalized spacial score (nSPS) is 12.1. The van der Waals surface area contributed by atoms with Gasteiger partial charge in [-0.05, 0) is 36.2 Å². The number of sulfone groups is 1. The van der Waals surface area contributed by atoms with Crippen LogP contribution in [0.1, 0.15) is 5.69 Å². The molecule has 18 heavy (non-hydrogen) atoms. The molecule has 0 aliphatic rings. The van der Waals surface area contributed by atoms with Crippen molar-refractivity contribution < 1.29 is 12.8 Å². The maximum absolute atomic E-state index is 11.9. The highest BCUT2D eigenvalue weighted by Gasteiger charge is 2.09. The van der Waals surface area contributed by atoms with Crippen LogP contribution in [0.2, 0.25) is 0 Å². The average molecular weight is 281 g/mol. The number of aromatic nitrogens is 1. The lowest BCUT2D eigenvalue weighted by Gasteiger charge is -1.96. The van der Waals surface area contributed by atoms with E-state index in [1.54, 1.807) is 37.3 Å². The minimum Gasteiger partial charge on any atom is -0.439 e. The Balaban J connectivity index is 2.09. The number of rotatable bonds is 4. The molecule has 0 spiro atoms. The summed E-state index contributed by atoms with van der Waals surface area (Å²) in [6.07, 6.45) is 1.52. The molecule has 0 unspecified atom stereocenters. The summed E-state index contributed by atoms with van der Waals surface area (Å²) in [6, 6.07) is 8.25. The molecule has 0 atom stereocenters.